The van der Waals surface area contributed by atoms with Gasteiger partial charge in [0.15, 0.2) is 0 Å². The van der Waals surface area contributed by atoms with Gasteiger partial charge in [-0.1, -0.05) is 30.3 Å². The van der Waals surface area contributed by atoms with Crippen LogP contribution in [0.4, 0.5) is 11.4 Å². The third kappa shape index (κ3) is 5.26. The molecule has 148 valence electrons. The third-order valence-corrected chi connectivity index (χ3v) is 5.06. The van der Waals surface area contributed by atoms with E-state index in [9.17, 15) is 9.59 Å². The molecule has 2 N–H and O–H groups in total. The summed E-state index contributed by atoms with van der Waals surface area (Å²) in [5.74, 6) is -0.442. The van der Waals surface area contributed by atoms with Crippen LogP contribution in [-0.4, -0.2) is 30.3 Å². The van der Waals surface area contributed by atoms with Crippen LogP contribution in [0.25, 0.3) is 0 Å². The average Bonchev–Trinajstić information content (AvgIpc) is 2.73. The number of hydrogen-bond acceptors (Lipinski definition) is 3. The number of carbonyl (C=O) groups excluding carboxylic acids is 2. The van der Waals surface area contributed by atoms with Crippen molar-refractivity contribution in [1.29, 1.82) is 0 Å². The van der Waals surface area contributed by atoms with Gasteiger partial charge >= 0.3 is 0 Å². The molecule has 2 aromatic rings. The molecule has 0 aromatic heterocycles. The molecule has 0 spiro atoms. The Labute approximate surface area is 171 Å². The molecule has 1 saturated heterocycles. The van der Waals surface area contributed by atoms with Gasteiger partial charge < -0.3 is 15.5 Å². The molecule has 6 heteroatoms. The van der Waals surface area contributed by atoms with Gasteiger partial charge in [-0.3, -0.25) is 9.59 Å². The smallest absolute Gasteiger partial charge is 0.253 e. The van der Waals surface area contributed by atoms with Crippen LogP contribution >= 0.6 is 11.6 Å². The standard InChI is InChI=1S/C22H26ClN3O2/c1-16(23)21(27)25-18-10-11-20(26-12-6-3-7-13-26)19(14-18)22(28)24-15-17-8-4-2-5-9-17/h2,4-5,8-11,14,16H,3,6-7,12-13,15H2,1H3,(H,24,28)(H,25,27)/t16-/m0/s1. The number of hydrogen-bond donors (Lipinski definition) is 2. The number of nitrogens with one attached hydrogen (secondary N) is 2. The predicted molar refractivity (Wildman–Crippen MR) is 114 cm³/mol. The van der Waals surface area contributed by atoms with Gasteiger partial charge in [0, 0.05) is 31.0 Å². The van der Waals surface area contributed by atoms with Gasteiger partial charge in [-0.05, 0) is 49.9 Å². The second-order valence-electron chi connectivity index (χ2n) is 7.05. The lowest BCUT2D eigenvalue weighted by Gasteiger charge is -2.30. The van der Waals surface area contributed by atoms with E-state index >= 15 is 0 Å². The number of halogens is 1. The zero-order valence-electron chi connectivity index (χ0n) is 16.1. The van der Waals surface area contributed by atoms with Crippen molar-refractivity contribution in [3.8, 4) is 0 Å². The van der Waals surface area contributed by atoms with Crippen molar-refractivity contribution >= 4 is 34.8 Å². The van der Waals surface area contributed by atoms with Crippen LogP contribution in [0.1, 0.15) is 42.1 Å². The quantitative estimate of drug-likeness (QED) is 0.716. The van der Waals surface area contributed by atoms with Crippen LogP contribution in [0.3, 0.4) is 0 Å². The molecule has 2 aromatic carbocycles. The molecule has 2 amide bonds. The summed E-state index contributed by atoms with van der Waals surface area (Å²) in [5, 5.41) is 5.12. The van der Waals surface area contributed by atoms with Crippen LogP contribution < -0.4 is 15.5 Å². The van der Waals surface area contributed by atoms with E-state index in [1.807, 2.05) is 42.5 Å². The maximum Gasteiger partial charge on any atom is 0.253 e. The first-order valence-electron chi connectivity index (χ1n) is 9.70. The Morgan fingerprint density at radius 1 is 1.07 bits per heavy atom. The van der Waals surface area contributed by atoms with Crippen LogP contribution in [0.2, 0.25) is 0 Å². The molecule has 5 nitrogen and oxygen atoms in total. The number of benzene rings is 2. The zero-order chi connectivity index (χ0) is 19.9. The molecule has 0 unspecified atom stereocenters. The van der Waals surface area contributed by atoms with E-state index < -0.39 is 5.38 Å². The Balaban J connectivity index is 1.82. The average molecular weight is 400 g/mol. The summed E-state index contributed by atoms with van der Waals surface area (Å²) < 4.78 is 0. The predicted octanol–water partition coefficient (Wildman–Crippen LogP) is 4.17. The number of piperidine rings is 1. The summed E-state index contributed by atoms with van der Waals surface area (Å²) >= 11 is 5.85. The summed E-state index contributed by atoms with van der Waals surface area (Å²) in [6.07, 6.45) is 3.45. The molecule has 3 rings (SSSR count). The first kappa shape index (κ1) is 20.2. The SMILES string of the molecule is C[C@H](Cl)C(=O)Nc1ccc(N2CCCCC2)c(C(=O)NCc2ccccc2)c1. The number of alkyl halides is 1. The van der Waals surface area contributed by atoms with E-state index in [0.29, 0.717) is 17.8 Å². The van der Waals surface area contributed by atoms with E-state index in [-0.39, 0.29) is 11.8 Å². The van der Waals surface area contributed by atoms with E-state index in [4.69, 9.17) is 11.6 Å². The Morgan fingerprint density at radius 2 is 1.79 bits per heavy atom. The minimum Gasteiger partial charge on any atom is -0.371 e. The monoisotopic (exact) mass is 399 g/mol. The summed E-state index contributed by atoms with van der Waals surface area (Å²) in [6, 6.07) is 15.3. The van der Waals surface area contributed by atoms with Gasteiger partial charge in [0.2, 0.25) is 5.91 Å². The third-order valence-electron chi connectivity index (χ3n) is 4.86. The highest BCUT2D eigenvalue weighted by molar-refractivity contribution is 6.32. The highest BCUT2D eigenvalue weighted by atomic mass is 35.5. The topological polar surface area (TPSA) is 61.4 Å². The first-order valence-corrected chi connectivity index (χ1v) is 10.1. The van der Waals surface area contributed by atoms with Crippen molar-refractivity contribution in [2.24, 2.45) is 0 Å². The Kier molecular flexibility index (Phi) is 6.93. The second-order valence-corrected chi connectivity index (χ2v) is 7.71. The fourth-order valence-electron chi connectivity index (χ4n) is 3.32. The largest absolute Gasteiger partial charge is 0.371 e. The van der Waals surface area contributed by atoms with E-state index in [0.717, 1.165) is 37.2 Å². The normalized spacial score (nSPS) is 15.0. The minimum atomic E-state index is -0.642. The Morgan fingerprint density at radius 3 is 2.46 bits per heavy atom. The fraction of sp³-hybridized carbons (Fsp3) is 0.364. The molecule has 28 heavy (non-hydrogen) atoms. The first-order chi connectivity index (χ1) is 13.5. The molecule has 0 saturated carbocycles. The number of anilines is 2. The zero-order valence-corrected chi connectivity index (χ0v) is 16.8. The summed E-state index contributed by atoms with van der Waals surface area (Å²) in [7, 11) is 0. The molecular formula is C22H26ClN3O2. The van der Waals surface area contributed by atoms with Gasteiger partial charge in [0.1, 0.15) is 5.38 Å². The van der Waals surface area contributed by atoms with E-state index in [2.05, 4.69) is 15.5 Å². The molecular weight excluding hydrogens is 374 g/mol. The van der Waals surface area contributed by atoms with Crippen molar-refractivity contribution in [2.75, 3.05) is 23.3 Å². The summed E-state index contributed by atoms with van der Waals surface area (Å²) in [4.78, 5) is 27.2. The maximum atomic E-state index is 13.0. The lowest BCUT2D eigenvalue weighted by Crippen LogP contribution is -2.33. The van der Waals surface area contributed by atoms with E-state index in [1.54, 1.807) is 13.0 Å². The van der Waals surface area contributed by atoms with E-state index in [1.165, 1.54) is 6.42 Å². The van der Waals surface area contributed by atoms with Crippen LogP contribution in [0, 0.1) is 0 Å². The molecule has 1 atom stereocenters. The maximum absolute atomic E-state index is 13.0. The molecule has 0 radical (unpaired) electrons. The van der Waals surface area contributed by atoms with Gasteiger partial charge in [0.05, 0.1) is 5.56 Å². The highest BCUT2D eigenvalue weighted by Gasteiger charge is 2.20. The lowest BCUT2D eigenvalue weighted by molar-refractivity contribution is -0.115. The van der Waals surface area contributed by atoms with Crippen molar-refractivity contribution < 1.29 is 9.59 Å². The fourth-order valence-corrected chi connectivity index (χ4v) is 3.38. The molecule has 1 aliphatic heterocycles. The highest BCUT2D eigenvalue weighted by Crippen LogP contribution is 2.27. The van der Waals surface area contributed by atoms with Crippen LogP contribution in [0.15, 0.2) is 48.5 Å². The van der Waals surface area contributed by atoms with Crippen LogP contribution in [0.5, 0.6) is 0 Å². The minimum absolute atomic E-state index is 0.153. The molecule has 1 aliphatic rings. The second kappa shape index (κ2) is 9.60. The van der Waals surface area contributed by atoms with Crippen molar-refractivity contribution in [2.45, 2.75) is 38.1 Å². The van der Waals surface area contributed by atoms with Gasteiger partial charge in [-0.2, -0.15) is 0 Å². The molecule has 1 heterocycles. The Hall–Kier alpha value is -2.53. The number of carbonyl (C=O) groups is 2. The van der Waals surface area contributed by atoms with Crippen molar-refractivity contribution in [3.05, 3.63) is 59.7 Å². The summed E-state index contributed by atoms with van der Waals surface area (Å²) in [5.41, 5.74) is 3.08. The number of amides is 2. The number of nitrogens with zero attached hydrogens (tertiary/aromatic N) is 1. The summed E-state index contributed by atoms with van der Waals surface area (Å²) in [6.45, 7) is 3.94. The Bertz CT molecular complexity index is 818. The molecule has 1 fully saturated rings. The molecule has 0 bridgehead atoms. The van der Waals surface area contributed by atoms with Gasteiger partial charge in [-0.25, -0.2) is 0 Å². The van der Waals surface area contributed by atoms with Gasteiger partial charge in [0.25, 0.3) is 5.91 Å². The van der Waals surface area contributed by atoms with Crippen molar-refractivity contribution in [3.63, 3.8) is 0 Å². The number of rotatable bonds is 6. The van der Waals surface area contributed by atoms with Gasteiger partial charge in [-0.15, -0.1) is 11.6 Å². The lowest BCUT2D eigenvalue weighted by atomic mass is 10.1. The van der Waals surface area contributed by atoms with Crippen LogP contribution in [-0.2, 0) is 11.3 Å². The molecule has 0 aliphatic carbocycles. The van der Waals surface area contributed by atoms with Crippen molar-refractivity contribution in [1.82, 2.24) is 5.32 Å².